The molecule has 2 aromatic rings. The van der Waals surface area contributed by atoms with Gasteiger partial charge in [-0.05, 0) is 51.1 Å². The highest BCUT2D eigenvalue weighted by molar-refractivity contribution is 6.11. The molecule has 0 radical (unpaired) electrons. The van der Waals surface area contributed by atoms with Gasteiger partial charge in [-0.25, -0.2) is 0 Å². The zero-order valence-corrected chi connectivity index (χ0v) is 20.2. The van der Waals surface area contributed by atoms with E-state index in [1.807, 2.05) is 32.1 Å². The van der Waals surface area contributed by atoms with E-state index in [1.54, 1.807) is 12.1 Å². The standard InChI is InChI=1S/C27H34N2O4/c1-19(2)9-11-22-24(32-4)18-25(33-5)26(27(22)31)23(30)12-10-20-7-6-8-21(17-20)29-15-13-28(3)14-16-29/h6-10,12,17-18,31H,11,13-16H2,1-5H3/b12-10+. The fourth-order valence-electron chi connectivity index (χ4n) is 3.89. The summed E-state index contributed by atoms with van der Waals surface area (Å²) < 4.78 is 10.8. The van der Waals surface area contributed by atoms with E-state index in [4.69, 9.17) is 9.47 Å². The third kappa shape index (κ3) is 5.96. The molecule has 176 valence electrons. The minimum atomic E-state index is -0.324. The van der Waals surface area contributed by atoms with Crippen molar-refractivity contribution in [2.24, 2.45) is 0 Å². The van der Waals surface area contributed by atoms with Crippen molar-refractivity contribution in [3.63, 3.8) is 0 Å². The van der Waals surface area contributed by atoms with E-state index in [1.165, 1.54) is 20.3 Å². The number of phenolic OH excluding ortho intramolecular Hbond substituents is 1. The Morgan fingerprint density at radius 3 is 2.39 bits per heavy atom. The van der Waals surface area contributed by atoms with Gasteiger partial charge in [-0.15, -0.1) is 0 Å². The van der Waals surface area contributed by atoms with Crippen LogP contribution in [-0.2, 0) is 6.42 Å². The first kappa shape index (κ1) is 24.4. The predicted molar refractivity (Wildman–Crippen MR) is 134 cm³/mol. The van der Waals surface area contributed by atoms with Gasteiger partial charge in [0, 0.05) is 43.5 Å². The fourth-order valence-corrected chi connectivity index (χ4v) is 3.89. The molecule has 0 spiro atoms. The number of phenols is 1. The average Bonchev–Trinajstić information content (AvgIpc) is 2.81. The van der Waals surface area contributed by atoms with Gasteiger partial charge in [0.1, 0.15) is 22.8 Å². The van der Waals surface area contributed by atoms with Crippen molar-refractivity contribution in [3.8, 4) is 17.2 Å². The lowest BCUT2D eigenvalue weighted by atomic mass is 9.99. The Hall–Kier alpha value is -3.25. The summed E-state index contributed by atoms with van der Waals surface area (Å²) in [4.78, 5) is 17.8. The Bertz CT molecular complexity index is 1050. The number of nitrogens with zero attached hydrogens (tertiary/aromatic N) is 2. The maximum Gasteiger partial charge on any atom is 0.193 e. The number of benzene rings is 2. The molecule has 6 nitrogen and oxygen atoms in total. The highest BCUT2D eigenvalue weighted by Crippen LogP contribution is 2.39. The number of hydrogen-bond donors (Lipinski definition) is 1. The molecule has 0 unspecified atom stereocenters. The van der Waals surface area contributed by atoms with Gasteiger partial charge in [0.05, 0.1) is 14.2 Å². The lowest BCUT2D eigenvalue weighted by Gasteiger charge is -2.34. The summed E-state index contributed by atoms with van der Waals surface area (Å²) in [6.45, 7) is 7.99. The summed E-state index contributed by atoms with van der Waals surface area (Å²) in [5.41, 5.74) is 3.89. The molecule has 0 atom stereocenters. The van der Waals surface area contributed by atoms with Crippen LogP contribution in [0.15, 0.2) is 48.1 Å². The first-order chi connectivity index (χ1) is 15.8. The normalized spacial score (nSPS) is 14.4. The Kier molecular flexibility index (Phi) is 8.17. The molecule has 1 N–H and O–H groups in total. The van der Waals surface area contributed by atoms with Crippen molar-refractivity contribution in [1.82, 2.24) is 4.90 Å². The zero-order chi connectivity index (χ0) is 24.0. The van der Waals surface area contributed by atoms with E-state index in [2.05, 4.69) is 29.0 Å². The molecule has 1 fully saturated rings. The number of ketones is 1. The van der Waals surface area contributed by atoms with Gasteiger partial charge in [-0.3, -0.25) is 4.79 Å². The van der Waals surface area contributed by atoms with Crippen LogP contribution in [0.3, 0.4) is 0 Å². The summed E-state index contributed by atoms with van der Waals surface area (Å²) in [5.74, 6) is 0.341. The lowest BCUT2D eigenvalue weighted by Crippen LogP contribution is -2.44. The van der Waals surface area contributed by atoms with Crippen LogP contribution in [-0.4, -0.2) is 63.2 Å². The maximum absolute atomic E-state index is 13.1. The summed E-state index contributed by atoms with van der Waals surface area (Å²) in [6, 6.07) is 9.80. The number of likely N-dealkylation sites (N-methyl/N-ethyl adjacent to an activating group) is 1. The van der Waals surface area contributed by atoms with Crippen molar-refractivity contribution in [2.75, 3.05) is 52.3 Å². The summed E-state index contributed by atoms with van der Waals surface area (Å²) in [6.07, 6.45) is 5.70. The number of rotatable bonds is 8. The molecule has 0 bridgehead atoms. The van der Waals surface area contributed by atoms with E-state index in [9.17, 15) is 9.90 Å². The smallest absolute Gasteiger partial charge is 0.193 e. The number of aromatic hydroxyl groups is 1. The molecule has 1 saturated heterocycles. The van der Waals surface area contributed by atoms with Crippen LogP contribution in [0, 0.1) is 0 Å². The minimum absolute atomic E-state index is 0.107. The molecular formula is C27H34N2O4. The third-order valence-electron chi connectivity index (χ3n) is 5.90. The van der Waals surface area contributed by atoms with Gasteiger partial charge in [0.15, 0.2) is 5.78 Å². The van der Waals surface area contributed by atoms with Crippen LogP contribution < -0.4 is 14.4 Å². The zero-order valence-electron chi connectivity index (χ0n) is 20.2. The van der Waals surface area contributed by atoms with Crippen molar-refractivity contribution in [1.29, 1.82) is 0 Å². The molecule has 0 amide bonds. The van der Waals surface area contributed by atoms with Crippen LogP contribution in [0.5, 0.6) is 17.2 Å². The number of hydrogen-bond acceptors (Lipinski definition) is 6. The first-order valence-corrected chi connectivity index (χ1v) is 11.2. The molecule has 3 rings (SSSR count). The van der Waals surface area contributed by atoms with Crippen molar-refractivity contribution in [2.45, 2.75) is 20.3 Å². The molecule has 1 heterocycles. The van der Waals surface area contributed by atoms with Crippen LogP contribution in [0.4, 0.5) is 5.69 Å². The average molecular weight is 451 g/mol. The number of allylic oxidation sites excluding steroid dienone is 3. The van der Waals surface area contributed by atoms with E-state index in [0.29, 0.717) is 17.7 Å². The molecular weight excluding hydrogens is 416 g/mol. The molecule has 0 aliphatic carbocycles. The monoisotopic (exact) mass is 450 g/mol. The number of piperazine rings is 1. The van der Waals surface area contributed by atoms with Crippen molar-refractivity contribution < 1.29 is 19.4 Å². The van der Waals surface area contributed by atoms with Gasteiger partial charge < -0.3 is 24.4 Å². The van der Waals surface area contributed by atoms with Gasteiger partial charge >= 0.3 is 0 Å². The molecule has 2 aromatic carbocycles. The largest absolute Gasteiger partial charge is 0.507 e. The number of carbonyl (C=O) groups is 1. The van der Waals surface area contributed by atoms with Crippen LogP contribution in [0.2, 0.25) is 0 Å². The van der Waals surface area contributed by atoms with E-state index in [0.717, 1.165) is 43.0 Å². The third-order valence-corrected chi connectivity index (χ3v) is 5.90. The molecule has 1 aliphatic heterocycles. The summed E-state index contributed by atoms with van der Waals surface area (Å²) in [5, 5.41) is 11.0. The van der Waals surface area contributed by atoms with Crippen LogP contribution >= 0.6 is 0 Å². The second-order valence-corrected chi connectivity index (χ2v) is 8.55. The molecule has 1 aliphatic rings. The Morgan fingerprint density at radius 2 is 1.76 bits per heavy atom. The minimum Gasteiger partial charge on any atom is -0.507 e. The number of anilines is 1. The molecule has 6 heteroatoms. The highest BCUT2D eigenvalue weighted by Gasteiger charge is 2.22. The van der Waals surface area contributed by atoms with Gasteiger partial charge in [-0.2, -0.15) is 0 Å². The van der Waals surface area contributed by atoms with Crippen molar-refractivity contribution in [3.05, 3.63) is 64.7 Å². The van der Waals surface area contributed by atoms with E-state index >= 15 is 0 Å². The second kappa shape index (κ2) is 11.1. The number of ether oxygens (including phenoxy) is 2. The number of methoxy groups -OCH3 is 2. The molecule has 0 saturated carbocycles. The second-order valence-electron chi connectivity index (χ2n) is 8.55. The van der Waals surface area contributed by atoms with E-state index < -0.39 is 0 Å². The van der Waals surface area contributed by atoms with Gasteiger partial charge in [-0.1, -0.05) is 29.9 Å². The van der Waals surface area contributed by atoms with Crippen LogP contribution in [0.1, 0.15) is 35.3 Å². The quantitative estimate of drug-likeness (QED) is 0.361. The predicted octanol–water partition coefficient (Wildman–Crippen LogP) is 4.57. The van der Waals surface area contributed by atoms with Gasteiger partial charge in [0.25, 0.3) is 0 Å². The summed E-state index contributed by atoms with van der Waals surface area (Å²) >= 11 is 0. The molecule has 0 aromatic heterocycles. The van der Waals surface area contributed by atoms with Crippen LogP contribution in [0.25, 0.3) is 6.08 Å². The maximum atomic E-state index is 13.1. The first-order valence-electron chi connectivity index (χ1n) is 11.2. The summed E-state index contributed by atoms with van der Waals surface area (Å²) in [7, 11) is 5.15. The van der Waals surface area contributed by atoms with Crippen molar-refractivity contribution >= 4 is 17.5 Å². The van der Waals surface area contributed by atoms with Gasteiger partial charge in [0.2, 0.25) is 0 Å². The lowest BCUT2D eigenvalue weighted by molar-refractivity contribution is 0.104. The Balaban J connectivity index is 1.88. The SMILES string of the molecule is COc1cc(OC)c(C(=O)/C=C/c2cccc(N3CCN(C)CC3)c2)c(O)c1CC=C(C)C. The number of carbonyl (C=O) groups excluding carboxylic acids is 1. The fraction of sp³-hybridized carbons (Fsp3) is 0.370. The van der Waals surface area contributed by atoms with E-state index in [-0.39, 0.29) is 22.8 Å². The highest BCUT2D eigenvalue weighted by atomic mass is 16.5. The Labute approximate surface area is 196 Å². The molecule has 33 heavy (non-hydrogen) atoms. The Morgan fingerprint density at radius 1 is 1.06 bits per heavy atom. The topological polar surface area (TPSA) is 62.2 Å².